The van der Waals surface area contributed by atoms with Crippen LogP contribution in [0.15, 0.2) is 72.8 Å². The van der Waals surface area contributed by atoms with Crippen molar-refractivity contribution in [3.63, 3.8) is 0 Å². The number of likely N-dealkylation sites (N-methyl/N-ethyl adjacent to an activating group) is 1. The van der Waals surface area contributed by atoms with Crippen molar-refractivity contribution in [2.24, 2.45) is 0 Å². The van der Waals surface area contributed by atoms with Crippen LogP contribution in [-0.2, 0) is 11.3 Å². The van der Waals surface area contributed by atoms with Crippen molar-refractivity contribution >= 4 is 11.6 Å². The number of carbonyl (C=O) groups excluding carboxylic acids is 1. The lowest BCUT2D eigenvalue weighted by Crippen LogP contribution is -2.34. The second-order valence-corrected chi connectivity index (χ2v) is 7.35. The highest BCUT2D eigenvalue weighted by atomic mass is 16.5. The Hall–Kier alpha value is -3.11. The zero-order valence-corrected chi connectivity index (χ0v) is 17.5. The van der Waals surface area contributed by atoms with Gasteiger partial charge < -0.3 is 10.1 Å². The van der Waals surface area contributed by atoms with Gasteiger partial charge in [0, 0.05) is 6.54 Å². The van der Waals surface area contributed by atoms with Gasteiger partial charge in [-0.1, -0.05) is 60.7 Å². The largest absolute Gasteiger partial charge is 0.495 e. The van der Waals surface area contributed by atoms with E-state index < -0.39 is 6.04 Å². The van der Waals surface area contributed by atoms with E-state index in [0.717, 1.165) is 11.1 Å². The SMILES string of the molecule is COc1ccc(C)cc1NC(=O)[C@@H](c1ccccc1)N(C)Cc1ccccc1C. The van der Waals surface area contributed by atoms with Gasteiger partial charge in [-0.3, -0.25) is 9.69 Å². The molecule has 0 aliphatic heterocycles. The van der Waals surface area contributed by atoms with E-state index in [2.05, 4.69) is 29.3 Å². The van der Waals surface area contributed by atoms with Crippen molar-refractivity contribution < 1.29 is 9.53 Å². The van der Waals surface area contributed by atoms with Crippen molar-refractivity contribution in [2.45, 2.75) is 26.4 Å². The summed E-state index contributed by atoms with van der Waals surface area (Å²) in [5.41, 5.74) is 5.12. The molecular weight excluding hydrogens is 360 g/mol. The first-order valence-electron chi connectivity index (χ1n) is 9.75. The number of carbonyl (C=O) groups is 1. The summed E-state index contributed by atoms with van der Waals surface area (Å²) < 4.78 is 5.43. The molecule has 1 N–H and O–H groups in total. The fraction of sp³-hybridized carbons (Fsp3) is 0.240. The molecule has 1 amide bonds. The Morgan fingerprint density at radius 3 is 2.38 bits per heavy atom. The molecule has 0 aromatic heterocycles. The van der Waals surface area contributed by atoms with Crippen LogP contribution < -0.4 is 10.1 Å². The first-order valence-corrected chi connectivity index (χ1v) is 9.75. The standard InChI is InChI=1S/C25H28N2O2/c1-18-14-15-23(29-4)22(16-18)26-25(28)24(20-11-6-5-7-12-20)27(3)17-21-13-9-8-10-19(21)2/h5-16,24H,17H2,1-4H3,(H,26,28)/t24-/m1/s1. The first-order chi connectivity index (χ1) is 14.0. The van der Waals surface area contributed by atoms with E-state index in [9.17, 15) is 4.79 Å². The maximum absolute atomic E-state index is 13.4. The monoisotopic (exact) mass is 388 g/mol. The highest BCUT2D eigenvalue weighted by Gasteiger charge is 2.26. The van der Waals surface area contributed by atoms with E-state index in [1.54, 1.807) is 7.11 Å². The Bertz CT molecular complexity index is 970. The van der Waals surface area contributed by atoms with Gasteiger partial charge in [0.2, 0.25) is 5.91 Å². The molecule has 3 aromatic carbocycles. The van der Waals surface area contributed by atoms with Gasteiger partial charge in [-0.2, -0.15) is 0 Å². The van der Waals surface area contributed by atoms with E-state index in [0.29, 0.717) is 18.0 Å². The summed E-state index contributed by atoms with van der Waals surface area (Å²) in [6, 6.07) is 23.5. The van der Waals surface area contributed by atoms with Crippen molar-refractivity contribution in [3.8, 4) is 5.75 Å². The van der Waals surface area contributed by atoms with E-state index in [1.807, 2.05) is 74.6 Å². The predicted octanol–water partition coefficient (Wildman–Crippen LogP) is 5.12. The number of rotatable bonds is 7. The summed E-state index contributed by atoms with van der Waals surface area (Å²) in [6.45, 7) is 4.76. The third-order valence-corrected chi connectivity index (χ3v) is 5.10. The maximum Gasteiger partial charge on any atom is 0.246 e. The average Bonchev–Trinajstić information content (AvgIpc) is 2.71. The smallest absolute Gasteiger partial charge is 0.246 e. The molecule has 0 unspecified atom stereocenters. The highest BCUT2D eigenvalue weighted by Crippen LogP contribution is 2.29. The minimum Gasteiger partial charge on any atom is -0.495 e. The van der Waals surface area contributed by atoms with Gasteiger partial charge in [0.15, 0.2) is 0 Å². The molecule has 4 nitrogen and oxygen atoms in total. The number of benzene rings is 3. The van der Waals surface area contributed by atoms with Crippen LogP contribution in [0.2, 0.25) is 0 Å². The van der Waals surface area contributed by atoms with Gasteiger partial charge >= 0.3 is 0 Å². The lowest BCUT2D eigenvalue weighted by molar-refractivity contribution is -0.121. The van der Waals surface area contributed by atoms with Gasteiger partial charge in [0.05, 0.1) is 12.8 Å². The summed E-state index contributed by atoms with van der Waals surface area (Å²) in [6.07, 6.45) is 0. The molecule has 0 aliphatic rings. The van der Waals surface area contributed by atoms with Gasteiger partial charge in [-0.15, -0.1) is 0 Å². The van der Waals surface area contributed by atoms with Crippen LogP contribution in [0.4, 0.5) is 5.69 Å². The molecule has 3 rings (SSSR count). The van der Waals surface area contributed by atoms with Crippen LogP contribution in [0, 0.1) is 13.8 Å². The van der Waals surface area contributed by atoms with Gasteiger partial charge in [-0.25, -0.2) is 0 Å². The Morgan fingerprint density at radius 1 is 1.00 bits per heavy atom. The molecule has 150 valence electrons. The summed E-state index contributed by atoms with van der Waals surface area (Å²) in [5, 5.41) is 3.08. The average molecular weight is 389 g/mol. The molecule has 0 saturated carbocycles. The third-order valence-electron chi connectivity index (χ3n) is 5.10. The van der Waals surface area contributed by atoms with Crippen molar-refractivity contribution in [3.05, 3.63) is 95.1 Å². The van der Waals surface area contributed by atoms with Crippen LogP contribution in [0.25, 0.3) is 0 Å². The number of aryl methyl sites for hydroxylation is 2. The fourth-order valence-corrected chi connectivity index (χ4v) is 3.51. The quantitative estimate of drug-likeness (QED) is 0.610. The molecule has 0 fully saturated rings. The first kappa shape index (κ1) is 20.6. The zero-order chi connectivity index (χ0) is 20.8. The Kier molecular flexibility index (Phi) is 6.68. The molecule has 0 radical (unpaired) electrons. The van der Waals surface area contributed by atoms with Crippen LogP contribution in [-0.4, -0.2) is 25.0 Å². The number of anilines is 1. The minimum atomic E-state index is -0.430. The molecule has 3 aromatic rings. The van der Waals surface area contributed by atoms with Crippen molar-refractivity contribution in [1.29, 1.82) is 0 Å². The molecule has 0 heterocycles. The van der Waals surface area contributed by atoms with Crippen LogP contribution in [0.1, 0.15) is 28.3 Å². The Morgan fingerprint density at radius 2 is 1.69 bits per heavy atom. The fourth-order valence-electron chi connectivity index (χ4n) is 3.51. The van der Waals surface area contributed by atoms with E-state index in [4.69, 9.17) is 4.74 Å². The number of amides is 1. The summed E-state index contributed by atoms with van der Waals surface area (Å²) in [7, 11) is 3.59. The maximum atomic E-state index is 13.4. The third kappa shape index (κ3) is 5.04. The molecule has 0 spiro atoms. The van der Waals surface area contributed by atoms with Gasteiger partial charge in [0.1, 0.15) is 11.8 Å². The van der Waals surface area contributed by atoms with Gasteiger partial charge in [-0.05, 0) is 55.3 Å². The summed E-state index contributed by atoms with van der Waals surface area (Å²) in [5.74, 6) is 0.563. The van der Waals surface area contributed by atoms with E-state index in [-0.39, 0.29) is 5.91 Å². The van der Waals surface area contributed by atoms with Gasteiger partial charge in [0.25, 0.3) is 0 Å². The van der Waals surface area contributed by atoms with E-state index in [1.165, 1.54) is 11.1 Å². The van der Waals surface area contributed by atoms with Crippen LogP contribution in [0.5, 0.6) is 5.75 Å². The Balaban J connectivity index is 1.91. The zero-order valence-electron chi connectivity index (χ0n) is 17.5. The van der Waals surface area contributed by atoms with E-state index >= 15 is 0 Å². The number of methoxy groups -OCH3 is 1. The lowest BCUT2D eigenvalue weighted by Gasteiger charge is -2.28. The summed E-state index contributed by atoms with van der Waals surface area (Å²) in [4.78, 5) is 15.5. The number of hydrogen-bond acceptors (Lipinski definition) is 3. The second-order valence-electron chi connectivity index (χ2n) is 7.35. The number of nitrogens with one attached hydrogen (secondary N) is 1. The lowest BCUT2D eigenvalue weighted by atomic mass is 10.0. The minimum absolute atomic E-state index is 0.0869. The van der Waals surface area contributed by atoms with Crippen LogP contribution in [0.3, 0.4) is 0 Å². The normalized spacial score (nSPS) is 11.9. The summed E-state index contributed by atoms with van der Waals surface area (Å²) >= 11 is 0. The highest BCUT2D eigenvalue weighted by molar-refractivity contribution is 5.96. The molecule has 0 aliphatic carbocycles. The Labute approximate surface area is 173 Å². The van der Waals surface area contributed by atoms with Crippen molar-refractivity contribution in [2.75, 3.05) is 19.5 Å². The molecular formula is C25H28N2O2. The number of hydrogen-bond donors (Lipinski definition) is 1. The molecule has 4 heteroatoms. The predicted molar refractivity (Wildman–Crippen MR) is 118 cm³/mol. The molecule has 1 atom stereocenters. The molecule has 0 saturated heterocycles. The number of nitrogens with zero attached hydrogens (tertiary/aromatic N) is 1. The second kappa shape index (κ2) is 9.39. The molecule has 29 heavy (non-hydrogen) atoms. The van der Waals surface area contributed by atoms with Crippen molar-refractivity contribution in [1.82, 2.24) is 4.90 Å². The van der Waals surface area contributed by atoms with Crippen LogP contribution >= 0.6 is 0 Å². The number of ether oxygens (including phenoxy) is 1. The molecule has 0 bridgehead atoms. The topological polar surface area (TPSA) is 41.6 Å².